The van der Waals surface area contributed by atoms with Crippen LogP contribution in [-0.4, -0.2) is 41.3 Å². The molecule has 0 amide bonds. The van der Waals surface area contributed by atoms with Gasteiger partial charge in [-0.25, -0.2) is 9.78 Å². The highest BCUT2D eigenvalue weighted by Crippen LogP contribution is 2.53. The maximum atomic E-state index is 14.0. The quantitative estimate of drug-likeness (QED) is 0.536. The molecular formula is C18H15F6N3O3. The predicted octanol–water partition coefficient (Wildman–Crippen LogP) is 4.05. The first-order chi connectivity index (χ1) is 13.9. The predicted molar refractivity (Wildman–Crippen MR) is 88.8 cm³/mol. The van der Waals surface area contributed by atoms with Gasteiger partial charge in [-0.3, -0.25) is 9.82 Å². The Morgan fingerprint density at radius 3 is 2.33 bits per heavy atom. The Balaban J connectivity index is 2.01. The van der Waals surface area contributed by atoms with Gasteiger partial charge in [0.1, 0.15) is 5.69 Å². The van der Waals surface area contributed by atoms with E-state index < -0.39 is 47.8 Å². The van der Waals surface area contributed by atoms with Crippen LogP contribution in [0.15, 0.2) is 36.7 Å². The van der Waals surface area contributed by atoms with Crippen LogP contribution >= 0.6 is 0 Å². The molecule has 2 unspecified atom stereocenters. The molecule has 2 heterocycles. The van der Waals surface area contributed by atoms with Gasteiger partial charge in [0, 0.05) is 13.5 Å². The number of hydrogen-bond acceptors (Lipinski definition) is 6. The molecule has 0 spiro atoms. The van der Waals surface area contributed by atoms with Crippen molar-refractivity contribution in [3.63, 3.8) is 0 Å². The lowest BCUT2D eigenvalue weighted by Crippen LogP contribution is -2.44. The summed E-state index contributed by atoms with van der Waals surface area (Å²) in [6.07, 6.45) is -9.86. The summed E-state index contributed by atoms with van der Waals surface area (Å²) in [4.78, 5) is 23.0. The Kier molecular flexibility index (Phi) is 5.50. The minimum absolute atomic E-state index is 0.189. The van der Waals surface area contributed by atoms with Gasteiger partial charge in [0.25, 0.3) is 0 Å². The average molecular weight is 435 g/mol. The number of nitrogens with zero attached hydrogens (tertiary/aromatic N) is 3. The number of alkyl halides is 6. The van der Waals surface area contributed by atoms with Gasteiger partial charge in [0.2, 0.25) is 5.60 Å². The zero-order valence-corrected chi connectivity index (χ0v) is 15.6. The molecule has 30 heavy (non-hydrogen) atoms. The summed E-state index contributed by atoms with van der Waals surface area (Å²) in [7, 11) is 2.41. The first-order valence-corrected chi connectivity index (χ1v) is 8.46. The zero-order valence-electron chi connectivity index (χ0n) is 15.6. The Hall–Kier alpha value is -2.73. The fourth-order valence-electron chi connectivity index (χ4n) is 3.20. The number of carbonyl (C=O) groups excluding carboxylic acids is 1. The third kappa shape index (κ3) is 3.84. The second kappa shape index (κ2) is 7.51. The highest BCUT2D eigenvalue weighted by Gasteiger charge is 2.65. The second-order valence-electron chi connectivity index (χ2n) is 6.58. The van der Waals surface area contributed by atoms with Gasteiger partial charge in [-0.2, -0.15) is 31.4 Å². The van der Waals surface area contributed by atoms with E-state index in [0.717, 1.165) is 5.06 Å². The zero-order chi connectivity index (χ0) is 22.3. The fourth-order valence-corrected chi connectivity index (χ4v) is 3.20. The third-order valence-electron chi connectivity index (χ3n) is 4.73. The smallest absolute Gasteiger partial charge is 0.434 e. The summed E-state index contributed by atoms with van der Waals surface area (Å²) in [6.45, 7) is 0. The molecule has 3 rings (SSSR count). The van der Waals surface area contributed by atoms with Crippen molar-refractivity contribution in [3.05, 3.63) is 59.2 Å². The van der Waals surface area contributed by atoms with Crippen molar-refractivity contribution in [2.75, 3.05) is 14.2 Å². The fraction of sp³-hybridized carbons (Fsp3) is 0.389. The summed E-state index contributed by atoms with van der Waals surface area (Å²) in [5.74, 6) is -0.624. The van der Waals surface area contributed by atoms with Crippen molar-refractivity contribution >= 4 is 5.97 Å². The first-order valence-electron chi connectivity index (χ1n) is 8.46. The summed E-state index contributed by atoms with van der Waals surface area (Å²) < 4.78 is 85.6. The van der Waals surface area contributed by atoms with Gasteiger partial charge in [-0.1, -0.05) is 12.1 Å². The number of benzene rings is 1. The number of methoxy groups -OCH3 is 1. The van der Waals surface area contributed by atoms with Crippen molar-refractivity contribution in [2.24, 2.45) is 0 Å². The van der Waals surface area contributed by atoms with Crippen LogP contribution in [0.5, 0.6) is 0 Å². The molecule has 0 N–H and O–H groups in total. The SMILES string of the molecule is COC(=O)c1ccc(C2CC(c3cncc(C(F)(F)F)n3)(C(F)(F)F)ON2C)cc1. The monoisotopic (exact) mass is 435 g/mol. The lowest BCUT2D eigenvalue weighted by molar-refractivity contribution is -0.324. The van der Waals surface area contributed by atoms with Crippen LogP contribution in [0, 0.1) is 0 Å². The molecular weight excluding hydrogens is 420 g/mol. The number of carbonyl (C=O) groups is 1. The van der Waals surface area contributed by atoms with Crippen LogP contribution in [0.4, 0.5) is 26.3 Å². The lowest BCUT2D eigenvalue weighted by atomic mass is 9.89. The molecule has 0 aliphatic carbocycles. The van der Waals surface area contributed by atoms with Crippen molar-refractivity contribution in [1.82, 2.24) is 15.0 Å². The number of halogens is 6. The van der Waals surface area contributed by atoms with Crippen LogP contribution in [0.1, 0.15) is 39.8 Å². The second-order valence-corrected chi connectivity index (χ2v) is 6.58. The average Bonchev–Trinajstić information content (AvgIpc) is 3.05. The molecule has 1 aliphatic rings. The number of rotatable bonds is 3. The Morgan fingerprint density at radius 2 is 1.80 bits per heavy atom. The van der Waals surface area contributed by atoms with E-state index >= 15 is 0 Å². The molecule has 12 heteroatoms. The summed E-state index contributed by atoms with van der Waals surface area (Å²) in [5.41, 5.74) is -5.13. The largest absolute Gasteiger partial charge is 0.465 e. The van der Waals surface area contributed by atoms with E-state index in [1.54, 1.807) is 0 Å². The van der Waals surface area contributed by atoms with Gasteiger partial charge < -0.3 is 4.74 Å². The minimum Gasteiger partial charge on any atom is -0.465 e. The molecule has 1 aromatic carbocycles. The van der Waals surface area contributed by atoms with Gasteiger partial charge >= 0.3 is 18.3 Å². The van der Waals surface area contributed by atoms with Crippen LogP contribution in [0.2, 0.25) is 0 Å². The lowest BCUT2D eigenvalue weighted by Gasteiger charge is -2.29. The number of hydrogen-bond donors (Lipinski definition) is 0. The molecule has 2 atom stereocenters. The molecule has 0 radical (unpaired) electrons. The summed E-state index contributed by atoms with van der Waals surface area (Å²) >= 11 is 0. The molecule has 162 valence electrons. The molecule has 2 aromatic rings. The molecule has 1 saturated heterocycles. The van der Waals surface area contributed by atoms with Crippen LogP contribution in [0.25, 0.3) is 0 Å². The van der Waals surface area contributed by atoms with Gasteiger partial charge in [0.15, 0.2) is 5.69 Å². The molecule has 0 saturated carbocycles. The Morgan fingerprint density at radius 1 is 1.17 bits per heavy atom. The highest BCUT2D eigenvalue weighted by molar-refractivity contribution is 5.89. The van der Waals surface area contributed by atoms with E-state index in [4.69, 9.17) is 4.84 Å². The number of ether oxygens (including phenoxy) is 1. The molecule has 0 bridgehead atoms. The van der Waals surface area contributed by atoms with E-state index in [2.05, 4.69) is 14.7 Å². The highest BCUT2D eigenvalue weighted by atomic mass is 19.4. The molecule has 1 aromatic heterocycles. The molecule has 1 fully saturated rings. The van der Waals surface area contributed by atoms with Crippen molar-refractivity contribution in [3.8, 4) is 0 Å². The molecule has 1 aliphatic heterocycles. The van der Waals surface area contributed by atoms with Crippen LogP contribution < -0.4 is 0 Å². The topological polar surface area (TPSA) is 64.5 Å². The summed E-state index contributed by atoms with van der Waals surface area (Å²) in [6, 6.07) is 4.59. The van der Waals surface area contributed by atoms with Gasteiger partial charge in [-0.05, 0) is 17.7 Å². The third-order valence-corrected chi connectivity index (χ3v) is 4.73. The van der Waals surface area contributed by atoms with E-state index in [1.165, 1.54) is 38.4 Å². The standard InChI is InChI=1S/C18H15F6N3O3/c1-27-12(10-3-5-11(6-4-10)15(28)29-2)7-16(30-27,18(22,23)24)13-8-25-9-14(26-13)17(19,20)21/h3-6,8-9,12H,7H2,1-2H3. The first kappa shape index (κ1) is 22.0. The number of esters is 1. The van der Waals surface area contributed by atoms with E-state index in [9.17, 15) is 31.1 Å². The Labute approximate surface area is 166 Å². The van der Waals surface area contributed by atoms with E-state index in [-0.39, 0.29) is 5.56 Å². The van der Waals surface area contributed by atoms with Crippen LogP contribution in [-0.2, 0) is 21.4 Å². The molecule has 6 nitrogen and oxygen atoms in total. The van der Waals surface area contributed by atoms with Crippen molar-refractivity contribution in [2.45, 2.75) is 30.4 Å². The van der Waals surface area contributed by atoms with Crippen molar-refractivity contribution < 1.29 is 40.7 Å². The van der Waals surface area contributed by atoms with Gasteiger partial charge in [-0.15, -0.1) is 0 Å². The minimum atomic E-state index is -5.08. The maximum Gasteiger partial charge on any atom is 0.434 e. The summed E-state index contributed by atoms with van der Waals surface area (Å²) in [5, 5.41) is 0.905. The van der Waals surface area contributed by atoms with Crippen LogP contribution in [0.3, 0.4) is 0 Å². The van der Waals surface area contributed by atoms with Gasteiger partial charge in [0.05, 0.1) is 31.1 Å². The van der Waals surface area contributed by atoms with Crippen molar-refractivity contribution in [1.29, 1.82) is 0 Å². The van der Waals surface area contributed by atoms with E-state index in [0.29, 0.717) is 18.0 Å². The van der Waals surface area contributed by atoms with E-state index in [1.807, 2.05) is 0 Å². The Bertz CT molecular complexity index is 932. The number of aromatic nitrogens is 2. The maximum absolute atomic E-state index is 14.0. The number of hydroxylamine groups is 2. The normalized spacial score (nSPS) is 22.9.